The number of benzene rings is 2. The van der Waals surface area contributed by atoms with Crippen molar-refractivity contribution in [2.45, 2.75) is 32.7 Å². The van der Waals surface area contributed by atoms with Crippen LogP contribution >= 0.6 is 0 Å². The Hall–Kier alpha value is -3.43. The Morgan fingerprint density at radius 1 is 1.11 bits per heavy atom. The molecule has 1 amide bonds. The summed E-state index contributed by atoms with van der Waals surface area (Å²) >= 11 is 0. The molecule has 0 radical (unpaired) electrons. The highest BCUT2D eigenvalue weighted by molar-refractivity contribution is 5.92. The van der Waals surface area contributed by atoms with Gasteiger partial charge in [-0.2, -0.15) is 0 Å². The van der Waals surface area contributed by atoms with Gasteiger partial charge in [-0.3, -0.25) is 9.69 Å². The highest BCUT2D eigenvalue weighted by Crippen LogP contribution is 2.30. The van der Waals surface area contributed by atoms with Crippen molar-refractivity contribution in [3.63, 3.8) is 0 Å². The van der Waals surface area contributed by atoms with Crippen LogP contribution in [0.5, 0.6) is 0 Å². The quantitative estimate of drug-likeness (QED) is 0.462. The number of nitrogens with one attached hydrogen (secondary N) is 2. The molecule has 2 saturated heterocycles. The largest absolute Gasteiger partial charge is 0.378 e. The lowest BCUT2D eigenvalue weighted by molar-refractivity contribution is 0.0904. The summed E-state index contributed by atoms with van der Waals surface area (Å²) in [6.07, 6.45) is 2.25. The van der Waals surface area contributed by atoms with Crippen LogP contribution in [-0.4, -0.2) is 67.9 Å². The van der Waals surface area contributed by atoms with E-state index in [1.807, 2.05) is 31.2 Å². The number of nitrogens with zero attached hydrogens (tertiary/aromatic N) is 3. The Kier molecular flexibility index (Phi) is 7.71. The van der Waals surface area contributed by atoms with E-state index in [4.69, 9.17) is 9.26 Å². The average Bonchev–Trinajstić information content (AvgIpc) is 3.58. The topological polar surface area (TPSA) is 82.9 Å². The van der Waals surface area contributed by atoms with Crippen LogP contribution in [0.4, 0.5) is 21.5 Å². The standard InChI is InChI=1S/C28H34FN5O3/c1-3-33-8-4-5-23(33)18-30-28(35)27-17-26(32-37-27)25-16-21(7-6-19(25)2)31-22-13-20(29)14-24(15-22)34-9-11-36-12-10-34/h6-7,13-17,23,31H,3-5,8-12,18H2,1-2H3,(H,30,35). The van der Waals surface area contributed by atoms with E-state index in [1.54, 1.807) is 12.1 Å². The van der Waals surface area contributed by atoms with Crippen LogP contribution in [0.25, 0.3) is 11.3 Å². The number of likely N-dealkylation sites (tertiary alicyclic amines) is 1. The second kappa shape index (κ2) is 11.3. The van der Waals surface area contributed by atoms with Crippen molar-refractivity contribution in [1.82, 2.24) is 15.4 Å². The maximum Gasteiger partial charge on any atom is 0.289 e. The molecule has 0 aliphatic carbocycles. The van der Waals surface area contributed by atoms with Crippen LogP contribution < -0.4 is 15.5 Å². The van der Waals surface area contributed by atoms with E-state index in [0.29, 0.717) is 37.2 Å². The number of morpholine rings is 1. The summed E-state index contributed by atoms with van der Waals surface area (Å²) < 4.78 is 25.2. The van der Waals surface area contributed by atoms with E-state index in [1.165, 1.54) is 6.07 Å². The van der Waals surface area contributed by atoms with Crippen molar-refractivity contribution >= 4 is 23.0 Å². The van der Waals surface area contributed by atoms with E-state index >= 15 is 0 Å². The van der Waals surface area contributed by atoms with E-state index in [9.17, 15) is 9.18 Å². The monoisotopic (exact) mass is 507 g/mol. The van der Waals surface area contributed by atoms with Crippen molar-refractivity contribution in [1.29, 1.82) is 0 Å². The molecule has 2 aliphatic heterocycles. The molecule has 3 heterocycles. The number of rotatable bonds is 8. The van der Waals surface area contributed by atoms with Gasteiger partial charge in [0.2, 0.25) is 5.76 Å². The third kappa shape index (κ3) is 5.94. The number of aromatic nitrogens is 1. The molecule has 2 fully saturated rings. The molecule has 196 valence electrons. The average molecular weight is 508 g/mol. The Bertz CT molecular complexity index is 1240. The Labute approximate surface area is 216 Å². The van der Waals surface area contributed by atoms with Gasteiger partial charge in [-0.05, 0) is 68.8 Å². The van der Waals surface area contributed by atoms with Crippen LogP contribution in [0.2, 0.25) is 0 Å². The van der Waals surface area contributed by atoms with Crippen LogP contribution in [0, 0.1) is 12.7 Å². The molecular formula is C28H34FN5O3. The van der Waals surface area contributed by atoms with Gasteiger partial charge >= 0.3 is 0 Å². The first kappa shape index (κ1) is 25.2. The summed E-state index contributed by atoms with van der Waals surface area (Å²) in [6, 6.07) is 12.8. The number of hydrogen-bond acceptors (Lipinski definition) is 7. The van der Waals surface area contributed by atoms with Gasteiger partial charge in [0.25, 0.3) is 5.91 Å². The maximum absolute atomic E-state index is 14.4. The highest BCUT2D eigenvalue weighted by atomic mass is 19.1. The summed E-state index contributed by atoms with van der Waals surface area (Å²) in [7, 11) is 0. The number of ether oxygens (including phenoxy) is 1. The number of aryl methyl sites for hydroxylation is 1. The zero-order valence-corrected chi connectivity index (χ0v) is 21.4. The Balaban J connectivity index is 1.29. The zero-order chi connectivity index (χ0) is 25.8. The van der Waals surface area contributed by atoms with Crippen LogP contribution in [0.15, 0.2) is 47.0 Å². The van der Waals surface area contributed by atoms with Crippen LogP contribution in [-0.2, 0) is 4.74 Å². The van der Waals surface area contributed by atoms with Crippen molar-refractivity contribution in [3.05, 3.63) is 59.6 Å². The summed E-state index contributed by atoms with van der Waals surface area (Å²) in [5.74, 6) is -0.372. The SMILES string of the molecule is CCN1CCCC1CNC(=O)c1cc(-c2cc(Nc3cc(F)cc(N4CCOCC4)c3)ccc2C)no1. The molecule has 2 aromatic carbocycles. The molecule has 1 aromatic heterocycles. The summed E-state index contributed by atoms with van der Waals surface area (Å²) in [6.45, 7) is 9.52. The Morgan fingerprint density at radius 3 is 2.76 bits per heavy atom. The third-order valence-electron chi connectivity index (χ3n) is 7.20. The van der Waals surface area contributed by atoms with Gasteiger partial charge in [-0.1, -0.05) is 18.1 Å². The second-order valence-electron chi connectivity index (χ2n) is 9.66. The number of likely N-dealkylation sites (N-methyl/N-ethyl adjacent to an activating group) is 1. The lowest BCUT2D eigenvalue weighted by Crippen LogP contribution is -2.39. The first-order valence-electron chi connectivity index (χ1n) is 13.0. The number of carbonyl (C=O) groups excluding carboxylic acids is 1. The second-order valence-corrected chi connectivity index (χ2v) is 9.66. The summed E-state index contributed by atoms with van der Waals surface area (Å²) in [5.41, 5.74) is 4.67. The van der Waals surface area contributed by atoms with Gasteiger partial charge < -0.3 is 24.8 Å². The van der Waals surface area contributed by atoms with Gasteiger partial charge in [0.15, 0.2) is 0 Å². The van der Waals surface area contributed by atoms with Gasteiger partial charge in [0.05, 0.1) is 13.2 Å². The molecule has 0 bridgehead atoms. The minimum atomic E-state index is -0.300. The molecule has 0 saturated carbocycles. The first-order valence-corrected chi connectivity index (χ1v) is 13.0. The molecule has 5 rings (SSSR count). The normalized spacial score (nSPS) is 18.2. The smallest absolute Gasteiger partial charge is 0.289 e. The minimum absolute atomic E-state index is 0.189. The molecule has 0 spiro atoms. The Morgan fingerprint density at radius 2 is 1.95 bits per heavy atom. The van der Waals surface area contributed by atoms with Crippen molar-refractivity contribution in [2.75, 3.05) is 56.2 Å². The summed E-state index contributed by atoms with van der Waals surface area (Å²) in [5, 5.41) is 10.5. The molecule has 2 aliphatic rings. The van der Waals surface area contributed by atoms with Crippen molar-refractivity contribution < 1.29 is 18.4 Å². The molecular weight excluding hydrogens is 473 g/mol. The van der Waals surface area contributed by atoms with Crippen LogP contribution in [0.3, 0.4) is 0 Å². The lowest BCUT2D eigenvalue weighted by atomic mass is 10.0. The molecule has 9 heteroatoms. The maximum atomic E-state index is 14.4. The van der Waals surface area contributed by atoms with Gasteiger partial charge in [-0.25, -0.2) is 4.39 Å². The number of hydrogen-bond donors (Lipinski definition) is 2. The minimum Gasteiger partial charge on any atom is -0.378 e. The molecule has 1 unspecified atom stereocenters. The number of amides is 1. The zero-order valence-electron chi connectivity index (χ0n) is 21.4. The van der Waals surface area contributed by atoms with Crippen LogP contribution in [0.1, 0.15) is 35.9 Å². The van der Waals surface area contributed by atoms with E-state index < -0.39 is 0 Å². The van der Waals surface area contributed by atoms with Gasteiger partial charge in [0, 0.05) is 54.4 Å². The molecule has 8 nitrogen and oxygen atoms in total. The molecule has 2 N–H and O–H groups in total. The number of anilines is 3. The molecule has 37 heavy (non-hydrogen) atoms. The molecule has 1 atom stereocenters. The number of carbonyl (C=O) groups is 1. The molecule has 3 aromatic rings. The lowest BCUT2D eigenvalue weighted by Gasteiger charge is -2.29. The van der Waals surface area contributed by atoms with Gasteiger partial charge in [-0.15, -0.1) is 0 Å². The predicted molar refractivity (Wildman–Crippen MR) is 142 cm³/mol. The highest BCUT2D eigenvalue weighted by Gasteiger charge is 2.24. The van der Waals surface area contributed by atoms with E-state index in [-0.39, 0.29) is 17.5 Å². The van der Waals surface area contributed by atoms with Crippen molar-refractivity contribution in [3.8, 4) is 11.3 Å². The fourth-order valence-electron chi connectivity index (χ4n) is 5.14. The first-order chi connectivity index (χ1) is 18.0. The van der Waals surface area contributed by atoms with E-state index in [0.717, 1.165) is 61.5 Å². The van der Waals surface area contributed by atoms with Crippen molar-refractivity contribution in [2.24, 2.45) is 0 Å². The third-order valence-corrected chi connectivity index (χ3v) is 7.20. The fraction of sp³-hybridized carbons (Fsp3) is 0.429. The predicted octanol–water partition coefficient (Wildman–Crippen LogP) is 4.58. The van der Waals surface area contributed by atoms with E-state index in [2.05, 4.69) is 32.5 Å². The number of halogens is 1. The fourth-order valence-corrected chi connectivity index (χ4v) is 5.14. The van der Waals surface area contributed by atoms with Gasteiger partial charge in [0.1, 0.15) is 11.5 Å². The summed E-state index contributed by atoms with van der Waals surface area (Å²) in [4.78, 5) is 17.2.